The van der Waals surface area contributed by atoms with Crippen LogP contribution in [0.25, 0.3) is 16.7 Å². The van der Waals surface area contributed by atoms with Crippen molar-refractivity contribution in [3.63, 3.8) is 0 Å². The third-order valence-electron chi connectivity index (χ3n) is 5.90. The number of fused-ring (bicyclic) bond motifs is 3. The number of hydrogen-bond acceptors (Lipinski definition) is 7. The number of carbonyl (C=O) groups excluding carboxylic acids is 1. The smallest absolute Gasteiger partial charge is 0.338 e. The lowest BCUT2D eigenvalue weighted by molar-refractivity contribution is -0.384. The Hall–Kier alpha value is -4.66. The van der Waals surface area contributed by atoms with Gasteiger partial charge in [-0.25, -0.2) is 9.78 Å². The molecular weight excluding hydrogens is 448 g/mol. The van der Waals surface area contributed by atoms with E-state index in [1.807, 2.05) is 41.0 Å². The number of anilines is 1. The fourth-order valence-corrected chi connectivity index (χ4v) is 4.37. The van der Waals surface area contributed by atoms with Gasteiger partial charge in [-0.3, -0.25) is 14.7 Å². The molecule has 176 valence electrons. The summed E-state index contributed by atoms with van der Waals surface area (Å²) in [6.45, 7) is 1.92. The van der Waals surface area contributed by atoms with Crippen LogP contribution in [0.5, 0.6) is 5.75 Å². The Morgan fingerprint density at radius 2 is 1.89 bits per heavy atom. The number of nitro groups is 1. The number of nitro benzene ring substituents is 1. The minimum Gasteiger partial charge on any atom is -0.497 e. The van der Waals surface area contributed by atoms with Crippen LogP contribution in [0.2, 0.25) is 0 Å². The molecule has 1 N–H and O–H groups in total. The first kappa shape index (κ1) is 22.1. The maximum atomic E-state index is 13.5. The summed E-state index contributed by atoms with van der Waals surface area (Å²) in [4.78, 5) is 29.3. The molecule has 2 heterocycles. The predicted molar refractivity (Wildman–Crippen MR) is 131 cm³/mol. The van der Waals surface area contributed by atoms with Crippen LogP contribution in [-0.4, -0.2) is 34.2 Å². The molecule has 4 aromatic rings. The van der Waals surface area contributed by atoms with Crippen LogP contribution in [0.1, 0.15) is 24.1 Å². The Kier molecular flexibility index (Phi) is 5.66. The molecule has 0 aliphatic carbocycles. The molecule has 0 saturated carbocycles. The van der Waals surface area contributed by atoms with Crippen LogP contribution in [0, 0.1) is 10.1 Å². The summed E-state index contributed by atoms with van der Waals surface area (Å²) in [6, 6.07) is 20.4. The number of para-hydroxylation sites is 2. The maximum absolute atomic E-state index is 13.5. The van der Waals surface area contributed by atoms with Gasteiger partial charge >= 0.3 is 5.97 Å². The number of hydrogen-bond donors (Lipinski definition) is 1. The predicted octanol–water partition coefficient (Wildman–Crippen LogP) is 4.94. The lowest BCUT2D eigenvalue weighted by Crippen LogP contribution is -2.29. The van der Waals surface area contributed by atoms with E-state index in [0.717, 1.165) is 16.6 Å². The highest BCUT2D eigenvalue weighted by molar-refractivity contribution is 6.03. The van der Waals surface area contributed by atoms with E-state index in [0.29, 0.717) is 28.5 Å². The Labute approximate surface area is 200 Å². The second-order valence-corrected chi connectivity index (χ2v) is 7.91. The average molecular weight is 470 g/mol. The Morgan fingerprint density at radius 1 is 1.11 bits per heavy atom. The fourth-order valence-electron chi connectivity index (χ4n) is 4.37. The summed E-state index contributed by atoms with van der Waals surface area (Å²) in [6.07, 6.45) is 0. The monoisotopic (exact) mass is 470 g/mol. The Balaban J connectivity index is 1.82. The molecule has 0 spiro atoms. The molecule has 9 nitrogen and oxygen atoms in total. The summed E-state index contributed by atoms with van der Waals surface area (Å²) < 4.78 is 12.6. The van der Waals surface area contributed by atoms with Gasteiger partial charge in [0.15, 0.2) is 0 Å². The maximum Gasteiger partial charge on any atom is 0.338 e. The molecule has 35 heavy (non-hydrogen) atoms. The topological polar surface area (TPSA) is 109 Å². The van der Waals surface area contributed by atoms with E-state index >= 15 is 0 Å². The summed E-state index contributed by atoms with van der Waals surface area (Å²) in [5.41, 5.74) is 3.58. The van der Waals surface area contributed by atoms with Crippen molar-refractivity contribution >= 4 is 34.3 Å². The molecule has 0 radical (unpaired) electrons. The highest BCUT2D eigenvalue weighted by Gasteiger charge is 2.37. The summed E-state index contributed by atoms with van der Waals surface area (Å²) in [7, 11) is 1.58. The van der Waals surface area contributed by atoms with Gasteiger partial charge in [0.25, 0.3) is 5.69 Å². The minimum absolute atomic E-state index is 0.0683. The number of imidazole rings is 1. The first-order chi connectivity index (χ1) is 17.0. The number of aromatic nitrogens is 2. The highest BCUT2D eigenvalue weighted by atomic mass is 16.6. The molecule has 1 aliphatic heterocycles. The molecule has 0 fully saturated rings. The second kappa shape index (κ2) is 8.94. The van der Waals surface area contributed by atoms with Gasteiger partial charge in [-0.2, -0.15) is 0 Å². The lowest BCUT2D eigenvalue weighted by atomic mass is 9.92. The molecule has 3 aromatic carbocycles. The van der Waals surface area contributed by atoms with Crippen LogP contribution < -0.4 is 10.1 Å². The first-order valence-corrected chi connectivity index (χ1v) is 11.1. The van der Waals surface area contributed by atoms with E-state index in [-0.39, 0.29) is 12.3 Å². The molecule has 1 aromatic heterocycles. The van der Waals surface area contributed by atoms with Crippen molar-refractivity contribution in [2.45, 2.75) is 13.0 Å². The normalized spacial score (nSPS) is 14.9. The Morgan fingerprint density at radius 3 is 2.60 bits per heavy atom. The van der Waals surface area contributed by atoms with Crippen LogP contribution in [0.4, 0.5) is 11.6 Å². The molecule has 0 amide bonds. The third kappa shape index (κ3) is 3.86. The van der Waals surface area contributed by atoms with Crippen molar-refractivity contribution in [3.05, 3.63) is 99.6 Å². The Bertz CT molecular complexity index is 1470. The number of ether oxygens (including phenoxy) is 2. The number of nitrogens with zero attached hydrogens (tertiary/aromatic N) is 3. The standard InChI is InChI=1S/C26H22N4O5/c1-3-35-25(31)22-23(16-11-13-19(34-2)14-12-16)28-26-27-20-9-4-5-10-21(20)29(26)24(22)17-7-6-8-18(15-17)30(32)33/h4-15,24H,3H2,1-2H3,(H,27,28). The number of nitrogens with one attached hydrogen (secondary N) is 1. The SMILES string of the molecule is CCOC(=O)C1=C(c2ccc(OC)cc2)Nc2nc3ccccc3n2C1c1cccc([N+](=O)[O-])c1. The van der Waals surface area contributed by atoms with Crippen molar-refractivity contribution in [2.24, 2.45) is 0 Å². The average Bonchev–Trinajstić information content (AvgIpc) is 3.26. The number of rotatable bonds is 6. The lowest BCUT2D eigenvalue weighted by Gasteiger charge is -2.31. The number of methoxy groups -OCH3 is 1. The van der Waals surface area contributed by atoms with E-state index in [2.05, 4.69) is 5.32 Å². The summed E-state index contributed by atoms with van der Waals surface area (Å²) >= 11 is 0. The van der Waals surface area contributed by atoms with Crippen LogP contribution >= 0.6 is 0 Å². The zero-order valence-corrected chi connectivity index (χ0v) is 19.1. The summed E-state index contributed by atoms with van der Waals surface area (Å²) in [5, 5.41) is 14.9. The van der Waals surface area contributed by atoms with E-state index < -0.39 is 16.9 Å². The van der Waals surface area contributed by atoms with Gasteiger partial charge in [0.2, 0.25) is 5.95 Å². The van der Waals surface area contributed by atoms with Crippen molar-refractivity contribution in [1.82, 2.24) is 9.55 Å². The van der Waals surface area contributed by atoms with E-state index in [4.69, 9.17) is 14.5 Å². The van der Waals surface area contributed by atoms with E-state index in [9.17, 15) is 14.9 Å². The largest absolute Gasteiger partial charge is 0.497 e. The van der Waals surface area contributed by atoms with Gasteiger partial charge in [0.1, 0.15) is 5.75 Å². The third-order valence-corrected chi connectivity index (χ3v) is 5.90. The van der Waals surface area contributed by atoms with Gasteiger partial charge < -0.3 is 14.8 Å². The van der Waals surface area contributed by atoms with Crippen LogP contribution in [-0.2, 0) is 9.53 Å². The minimum atomic E-state index is -0.713. The van der Waals surface area contributed by atoms with Gasteiger partial charge in [0, 0.05) is 12.1 Å². The highest BCUT2D eigenvalue weighted by Crippen LogP contribution is 2.43. The molecule has 5 rings (SSSR count). The van der Waals surface area contributed by atoms with Gasteiger partial charge in [0.05, 0.1) is 47.0 Å². The quantitative estimate of drug-likeness (QED) is 0.241. The van der Waals surface area contributed by atoms with Crippen molar-refractivity contribution in [2.75, 3.05) is 19.0 Å². The van der Waals surface area contributed by atoms with Gasteiger partial charge in [-0.15, -0.1) is 0 Å². The van der Waals surface area contributed by atoms with Crippen molar-refractivity contribution in [1.29, 1.82) is 0 Å². The van der Waals surface area contributed by atoms with Gasteiger partial charge in [-0.1, -0.05) is 24.3 Å². The molecule has 9 heteroatoms. The second-order valence-electron chi connectivity index (χ2n) is 7.91. The molecule has 1 unspecified atom stereocenters. The zero-order chi connectivity index (χ0) is 24.5. The van der Waals surface area contributed by atoms with Crippen molar-refractivity contribution in [3.8, 4) is 5.75 Å². The molecule has 0 bridgehead atoms. The molecule has 0 saturated heterocycles. The van der Waals surface area contributed by atoms with E-state index in [1.54, 1.807) is 38.3 Å². The summed E-state index contributed by atoms with van der Waals surface area (Å²) in [5.74, 6) is 0.664. The van der Waals surface area contributed by atoms with Crippen molar-refractivity contribution < 1.29 is 19.2 Å². The molecule has 1 atom stereocenters. The number of benzene rings is 3. The first-order valence-electron chi connectivity index (χ1n) is 11.1. The van der Waals surface area contributed by atoms with Gasteiger partial charge in [-0.05, 0) is 54.4 Å². The molecular formula is C26H22N4O5. The van der Waals surface area contributed by atoms with Crippen LogP contribution in [0.15, 0.2) is 78.4 Å². The molecule has 1 aliphatic rings. The zero-order valence-electron chi connectivity index (χ0n) is 19.1. The number of non-ortho nitro benzene ring substituents is 1. The number of esters is 1. The number of carbonyl (C=O) groups is 1. The van der Waals surface area contributed by atoms with Crippen LogP contribution in [0.3, 0.4) is 0 Å². The fraction of sp³-hybridized carbons (Fsp3) is 0.154. The van der Waals surface area contributed by atoms with E-state index in [1.165, 1.54) is 12.1 Å².